The molecule has 0 aliphatic heterocycles. The van der Waals surface area contributed by atoms with Gasteiger partial charge >= 0.3 is 0 Å². The molecular weight excluding hydrogens is 260 g/mol. The van der Waals surface area contributed by atoms with Crippen LogP contribution in [0.2, 0.25) is 0 Å². The van der Waals surface area contributed by atoms with Gasteiger partial charge in [0.05, 0.1) is 11.4 Å². The van der Waals surface area contributed by atoms with Crippen molar-refractivity contribution < 1.29 is 5.11 Å². The van der Waals surface area contributed by atoms with Gasteiger partial charge in [0.15, 0.2) is 0 Å². The Kier molecular flexibility index (Phi) is 3.65. The van der Waals surface area contributed by atoms with Crippen LogP contribution in [0.25, 0.3) is 10.8 Å². The highest BCUT2D eigenvalue weighted by atomic mass is 16.3. The van der Waals surface area contributed by atoms with Crippen molar-refractivity contribution in [3.8, 4) is 5.75 Å². The maximum absolute atomic E-state index is 9.87. The Bertz CT molecular complexity index is 792. The first-order chi connectivity index (χ1) is 10.3. The van der Waals surface area contributed by atoms with Crippen molar-refractivity contribution in [1.82, 2.24) is 0 Å². The average molecular weight is 276 g/mol. The van der Waals surface area contributed by atoms with E-state index in [1.165, 1.54) is 5.56 Å². The van der Waals surface area contributed by atoms with Gasteiger partial charge in [-0.05, 0) is 36.2 Å². The Balaban J connectivity index is 1.97. The molecule has 0 aromatic heterocycles. The third-order valence-corrected chi connectivity index (χ3v) is 3.50. The predicted molar refractivity (Wildman–Crippen MR) is 85.6 cm³/mol. The second kappa shape index (κ2) is 5.75. The van der Waals surface area contributed by atoms with Crippen molar-refractivity contribution in [2.75, 3.05) is 0 Å². The van der Waals surface area contributed by atoms with E-state index in [4.69, 9.17) is 0 Å². The molecule has 0 heterocycles. The molecule has 0 spiro atoms. The van der Waals surface area contributed by atoms with Crippen LogP contribution in [-0.4, -0.2) is 5.11 Å². The third kappa shape index (κ3) is 2.77. The van der Waals surface area contributed by atoms with E-state index in [0.29, 0.717) is 0 Å². The molecule has 0 fully saturated rings. The number of hydrogen-bond donors (Lipinski definition) is 1. The van der Waals surface area contributed by atoms with Gasteiger partial charge < -0.3 is 5.11 Å². The Hall–Kier alpha value is -2.68. The number of aryl methyl sites for hydroxylation is 1. The fourth-order valence-electron chi connectivity index (χ4n) is 2.26. The Morgan fingerprint density at radius 2 is 1.52 bits per heavy atom. The van der Waals surface area contributed by atoms with Crippen molar-refractivity contribution in [3.05, 3.63) is 66.2 Å². The first kappa shape index (κ1) is 13.3. The van der Waals surface area contributed by atoms with Gasteiger partial charge in [0, 0.05) is 10.8 Å². The van der Waals surface area contributed by atoms with Gasteiger partial charge in [-0.2, -0.15) is 5.11 Å². The summed E-state index contributed by atoms with van der Waals surface area (Å²) < 4.78 is 0. The quantitative estimate of drug-likeness (QED) is 0.628. The largest absolute Gasteiger partial charge is 0.507 e. The van der Waals surface area contributed by atoms with Gasteiger partial charge in [0.2, 0.25) is 0 Å². The molecule has 0 atom stereocenters. The lowest BCUT2D eigenvalue weighted by Gasteiger charge is -2.03. The number of nitrogens with zero attached hydrogens (tertiary/aromatic N) is 2. The zero-order valence-electron chi connectivity index (χ0n) is 11.8. The smallest absolute Gasteiger partial charge is 0.123 e. The summed E-state index contributed by atoms with van der Waals surface area (Å²) in [7, 11) is 0. The summed E-state index contributed by atoms with van der Waals surface area (Å²) >= 11 is 0. The van der Waals surface area contributed by atoms with Crippen LogP contribution in [0.5, 0.6) is 5.75 Å². The summed E-state index contributed by atoms with van der Waals surface area (Å²) in [6.07, 6.45) is 1.01. The molecule has 0 saturated heterocycles. The molecule has 3 aromatic rings. The molecule has 0 radical (unpaired) electrons. The maximum Gasteiger partial charge on any atom is 0.123 e. The molecule has 0 aliphatic carbocycles. The number of azo groups is 1. The zero-order valence-corrected chi connectivity index (χ0v) is 11.8. The molecule has 0 saturated carbocycles. The van der Waals surface area contributed by atoms with Crippen molar-refractivity contribution in [1.29, 1.82) is 0 Å². The number of benzene rings is 3. The number of hydrogen-bond acceptors (Lipinski definition) is 3. The summed E-state index contributed by atoms with van der Waals surface area (Å²) in [6.45, 7) is 2.12. The number of fused-ring (bicyclic) bond motifs is 1. The van der Waals surface area contributed by atoms with Gasteiger partial charge in [0.1, 0.15) is 5.75 Å². The molecule has 21 heavy (non-hydrogen) atoms. The van der Waals surface area contributed by atoms with Gasteiger partial charge in [0.25, 0.3) is 0 Å². The predicted octanol–water partition coefficient (Wildman–Crippen LogP) is 5.52. The Morgan fingerprint density at radius 3 is 2.24 bits per heavy atom. The van der Waals surface area contributed by atoms with Crippen LogP contribution in [0.1, 0.15) is 12.5 Å². The minimum Gasteiger partial charge on any atom is -0.507 e. The molecule has 0 aliphatic rings. The number of aromatic hydroxyl groups is 1. The van der Waals surface area contributed by atoms with Crippen molar-refractivity contribution >= 4 is 22.1 Å². The van der Waals surface area contributed by atoms with Gasteiger partial charge in [-0.1, -0.05) is 43.3 Å². The van der Waals surface area contributed by atoms with E-state index in [1.54, 1.807) is 12.1 Å². The average Bonchev–Trinajstić information content (AvgIpc) is 2.55. The van der Waals surface area contributed by atoms with Crippen molar-refractivity contribution in [3.63, 3.8) is 0 Å². The minimum atomic E-state index is 0.261. The standard InChI is InChI=1S/C18H16N2O/c1-2-13-7-9-14(10-8-13)19-20-17-11-12-18(21)16-6-4-3-5-15(16)17/h3-12,21H,2H2,1H3. The molecular formula is C18H16N2O. The SMILES string of the molecule is CCc1ccc(N=Nc2ccc(O)c3ccccc23)cc1. The summed E-state index contributed by atoms with van der Waals surface area (Å²) in [4.78, 5) is 0. The highest BCUT2D eigenvalue weighted by Crippen LogP contribution is 2.33. The van der Waals surface area contributed by atoms with Gasteiger partial charge in [-0.3, -0.25) is 0 Å². The summed E-state index contributed by atoms with van der Waals surface area (Å²) in [5.41, 5.74) is 2.86. The fraction of sp³-hybridized carbons (Fsp3) is 0.111. The first-order valence-corrected chi connectivity index (χ1v) is 6.99. The van der Waals surface area contributed by atoms with Crippen molar-refractivity contribution in [2.24, 2.45) is 10.2 Å². The highest BCUT2D eigenvalue weighted by molar-refractivity contribution is 5.96. The number of phenols is 1. The monoisotopic (exact) mass is 276 g/mol. The number of phenolic OH excluding ortho intramolecular Hbond substituents is 1. The third-order valence-electron chi connectivity index (χ3n) is 3.50. The molecule has 0 unspecified atom stereocenters. The highest BCUT2D eigenvalue weighted by Gasteiger charge is 2.03. The molecule has 0 amide bonds. The second-order valence-corrected chi connectivity index (χ2v) is 4.87. The summed E-state index contributed by atoms with van der Waals surface area (Å²) in [5.74, 6) is 0.261. The molecule has 3 nitrogen and oxygen atoms in total. The normalized spacial score (nSPS) is 11.3. The fourth-order valence-corrected chi connectivity index (χ4v) is 2.26. The van der Waals surface area contributed by atoms with E-state index in [1.807, 2.05) is 36.4 Å². The Labute approximate surface area is 123 Å². The van der Waals surface area contributed by atoms with Crippen LogP contribution < -0.4 is 0 Å². The maximum atomic E-state index is 9.87. The first-order valence-electron chi connectivity index (χ1n) is 6.99. The zero-order chi connectivity index (χ0) is 14.7. The van der Waals surface area contributed by atoms with E-state index >= 15 is 0 Å². The summed E-state index contributed by atoms with van der Waals surface area (Å²) in [5, 5.41) is 20.1. The van der Waals surface area contributed by atoms with Crippen molar-refractivity contribution in [2.45, 2.75) is 13.3 Å². The summed E-state index contributed by atoms with van der Waals surface area (Å²) in [6, 6.07) is 19.1. The second-order valence-electron chi connectivity index (χ2n) is 4.87. The van der Waals surface area contributed by atoms with Crippen LogP contribution in [0.4, 0.5) is 11.4 Å². The van der Waals surface area contributed by atoms with E-state index in [-0.39, 0.29) is 5.75 Å². The molecule has 3 rings (SSSR count). The molecule has 3 aromatic carbocycles. The lowest BCUT2D eigenvalue weighted by Crippen LogP contribution is -1.76. The van der Waals surface area contributed by atoms with Crippen LogP contribution >= 0.6 is 0 Å². The van der Waals surface area contributed by atoms with Gasteiger partial charge in [-0.25, -0.2) is 0 Å². The van der Waals surface area contributed by atoms with Crippen LogP contribution in [0, 0.1) is 0 Å². The lowest BCUT2D eigenvalue weighted by atomic mass is 10.1. The van der Waals surface area contributed by atoms with E-state index in [9.17, 15) is 5.11 Å². The van der Waals surface area contributed by atoms with E-state index in [2.05, 4.69) is 29.3 Å². The molecule has 3 heteroatoms. The van der Waals surface area contributed by atoms with Crippen LogP contribution in [0.15, 0.2) is 70.9 Å². The van der Waals surface area contributed by atoms with Crippen LogP contribution in [0.3, 0.4) is 0 Å². The molecule has 104 valence electrons. The minimum absolute atomic E-state index is 0.261. The van der Waals surface area contributed by atoms with E-state index in [0.717, 1.165) is 28.6 Å². The molecule has 1 N–H and O–H groups in total. The molecule has 0 bridgehead atoms. The van der Waals surface area contributed by atoms with E-state index < -0.39 is 0 Å². The number of rotatable bonds is 3. The lowest BCUT2D eigenvalue weighted by molar-refractivity contribution is 0.481. The Morgan fingerprint density at radius 1 is 0.810 bits per heavy atom. The van der Waals surface area contributed by atoms with Gasteiger partial charge in [-0.15, -0.1) is 5.11 Å². The van der Waals surface area contributed by atoms with Crippen LogP contribution in [-0.2, 0) is 6.42 Å². The topological polar surface area (TPSA) is 45.0 Å².